The topological polar surface area (TPSA) is 79.5 Å². The van der Waals surface area contributed by atoms with E-state index in [0.717, 1.165) is 0 Å². The first-order valence-corrected chi connectivity index (χ1v) is 10.5. The lowest BCUT2D eigenvalue weighted by atomic mass is 10.2. The third-order valence-corrected chi connectivity index (χ3v) is 4.73. The van der Waals surface area contributed by atoms with E-state index in [0.29, 0.717) is 16.3 Å². The molecule has 0 heterocycles. The molecule has 2 rings (SSSR count). The lowest BCUT2D eigenvalue weighted by Gasteiger charge is -2.27. The van der Waals surface area contributed by atoms with Crippen LogP contribution in [0.5, 0.6) is 0 Å². The van der Waals surface area contributed by atoms with Crippen LogP contribution >= 0.6 is 58.6 Å². The van der Waals surface area contributed by atoms with Crippen molar-refractivity contribution in [3.8, 4) is 0 Å². The standard InChI is InChI=1S/C19H17Cl4N3O3S/c1-2-29-16(28)11-6-8-14(9-7-11)24-18(30)26-17(19(21,22)23)25-15(27)12-4-3-5-13(20)10-12/h3-10,17H,2H2,1H3,(H,25,27)(H2,24,26,30)/t17-/m0/s1. The fraction of sp³-hybridized carbons (Fsp3) is 0.211. The Morgan fingerprint density at radius 2 is 1.73 bits per heavy atom. The predicted octanol–water partition coefficient (Wildman–Crippen LogP) is 4.93. The van der Waals surface area contributed by atoms with Crippen molar-refractivity contribution in [3.05, 3.63) is 64.7 Å². The predicted molar refractivity (Wildman–Crippen MR) is 125 cm³/mol. The van der Waals surface area contributed by atoms with E-state index in [2.05, 4.69) is 16.0 Å². The normalized spacial score (nSPS) is 11.9. The zero-order valence-electron chi connectivity index (χ0n) is 15.5. The van der Waals surface area contributed by atoms with Gasteiger partial charge in [-0.3, -0.25) is 4.79 Å². The molecule has 0 unspecified atom stereocenters. The van der Waals surface area contributed by atoms with Crippen molar-refractivity contribution in [1.29, 1.82) is 0 Å². The van der Waals surface area contributed by atoms with Crippen LogP contribution < -0.4 is 16.0 Å². The van der Waals surface area contributed by atoms with E-state index in [4.69, 9.17) is 63.4 Å². The van der Waals surface area contributed by atoms with Crippen molar-refractivity contribution in [1.82, 2.24) is 10.6 Å². The van der Waals surface area contributed by atoms with E-state index in [9.17, 15) is 9.59 Å². The van der Waals surface area contributed by atoms with E-state index >= 15 is 0 Å². The number of anilines is 1. The zero-order valence-corrected chi connectivity index (χ0v) is 19.4. The number of benzene rings is 2. The van der Waals surface area contributed by atoms with Crippen molar-refractivity contribution in [2.24, 2.45) is 0 Å². The van der Waals surface area contributed by atoms with Crippen LogP contribution in [0.25, 0.3) is 0 Å². The number of esters is 1. The third kappa shape index (κ3) is 7.49. The lowest BCUT2D eigenvalue weighted by Crippen LogP contribution is -2.56. The van der Waals surface area contributed by atoms with E-state index in [1.807, 2.05) is 0 Å². The molecule has 6 nitrogen and oxygen atoms in total. The summed E-state index contributed by atoms with van der Waals surface area (Å²) in [7, 11) is 0. The minimum Gasteiger partial charge on any atom is -0.462 e. The van der Waals surface area contributed by atoms with Crippen LogP contribution in [0.4, 0.5) is 5.69 Å². The Labute approximate surface area is 199 Å². The second-order valence-corrected chi connectivity index (χ2v) is 9.07. The highest BCUT2D eigenvalue weighted by atomic mass is 35.6. The van der Waals surface area contributed by atoms with Crippen molar-refractivity contribution < 1.29 is 14.3 Å². The first kappa shape index (κ1) is 24.5. The summed E-state index contributed by atoms with van der Waals surface area (Å²) in [6, 6.07) is 12.7. The van der Waals surface area contributed by atoms with E-state index in [1.165, 1.54) is 6.07 Å². The number of hydrogen-bond acceptors (Lipinski definition) is 4. The number of halogens is 4. The molecule has 2 aromatic carbocycles. The number of rotatable bonds is 6. The van der Waals surface area contributed by atoms with Crippen molar-refractivity contribution >= 4 is 81.3 Å². The molecule has 3 N–H and O–H groups in total. The zero-order chi connectivity index (χ0) is 22.3. The second kappa shape index (κ2) is 11.0. The molecule has 0 aliphatic carbocycles. The van der Waals surface area contributed by atoms with E-state index in [-0.39, 0.29) is 17.3 Å². The van der Waals surface area contributed by atoms with Gasteiger partial charge >= 0.3 is 5.97 Å². The maximum atomic E-state index is 12.5. The summed E-state index contributed by atoms with van der Waals surface area (Å²) in [6.45, 7) is 2.01. The molecule has 0 saturated carbocycles. The van der Waals surface area contributed by atoms with Gasteiger partial charge in [-0.1, -0.05) is 52.5 Å². The van der Waals surface area contributed by atoms with Gasteiger partial charge in [0.25, 0.3) is 5.91 Å². The highest BCUT2D eigenvalue weighted by Gasteiger charge is 2.35. The molecule has 160 valence electrons. The number of carbonyl (C=O) groups is 2. The molecule has 11 heteroatoms. The van der Waals surface area contributed by atoms with Crippen molar-refractivity contribution in [2.45, 2.75) is 16.9 Å². The number of alkyl halides is 3. The first-order valence-electron chi connectivity index (χ1n) is 8.58. The van der Waals surface area contributed by atoms with Gasteiger partial charge in [-0.25, -0.2) is 4.79 Å². The fourth-order valence-corrected chi connectivity index (χ4v) is 3.00. The molecule has 30 heavy (non-hydrogen) atoms. The molecule has 2 aromatic rings. The SMILES string of the molecule is CCOC(=O)c1ccc(NC(=S)N[C@H](NC(=O)c2cccc(Cl)c2)C(Cl)(Cl)Cl)cc1. The molecule has 1 amide bonds. The number of amides is 1. The smallest absolute Gasteiger partial charge is 0.338 e. The average molecular weight is 509 g/mol. The second-order valence-electron chi connectivity index (χ2n) is 5.85. The maximum Gasteiger partial charge on any atom is 0.338 e. The monoisotopic (exact) mass is 507 g/mol. The molecule has 0 radical (unpaired) electrons. The van der Waals surface area contributed by atoms with Gasteiger partial charge in [0.2, 0.25) is 3.79 Å². The Balaban J connectivity index is 2.03. The van der Waals surface area contributed by atoms with Gasteiger partial charge < -0.3 is 20.7 Å². The summed E-state index contributed by atoms with van der Waals surface area (Å²) in [6.07, 6.45) is -1.15. The van der Waals surface area contributed by atoms with Crippen LogP contribution in [0, 0.1) is 0 Å². The Kier molecular flexibility index (Phi) is 9.00. The fourth-order valence-electron chi connectivity index (χ4n) is 2.25. The van der Waals surface area contributed by atoms with Crippen LogP contribution in [0.3, 0.4) is 0 Å². The summed E-state index contributed by atoms with van der Waals surface area (Å²) >= 11 is 29.1. The van der Waals surface area contributed by atoms with Gasteiger partial charge in [0.05, 0.1) is 12.2 Å². The van der Waals surface area contributed by atoms with Crippen LogP contribution in [0.15, 0.2) is 48.5 Å². The molecule has 0 aromatic heterocycles. The van der Waals surface area contributed by atoms with Crippen LogP contribution in [0.2, 0.25) is 5.02 Å². The minimum absolute atomic E-state index is 0.0848. The highest BCUT2D eigenvalue weighted by molar-refractivity contribution is 7.80. The number of carbonyl (C=O) groups excluding carboxylic acids is 2. The van der Waals surface area contributed by atoms with Crippen LogP contribution in [-0.4, -0.2) is 33.6 Å². The number of nitrogens with one attached hydrogen (secondary N) is 3. The summed E-state index contributed by atoms with van der Waals surface area (Å²) in [5, 5.41) is 8.67. The Hall–Kier alpha value is -1.77. The maximum absolute atomic E-state index is 12.5. The van der Waals surface area contributed by atoms with E-state index < -0.39 is 21.8 Å². The molecule has 0 bridgehead atoms. The van der Waals surface area contributed by atoms with Gasteiger partial charge in [0.15, 0.2) is 5.11 Å². The minimum atomic E-state index is -1.91. The van der Waals surface area contributed by atoms with Gasteiger partial charge in [-0.2, -0.15) is 0 Å². The van der Waals surface area contributed by atoms with Gasteiger partial charge in [0, 0.05) is 16.3 Å². The van der Waals surface area contributed by atoms with E-state index in [1.54, 1.807) is 49.4 Å². The largest absolute Gasteiger partial charge is 0.462 e. The Morgan fingerprint density at radius 3 is 2.30 bits per heavy atom. The summed E-state index contributed by atoms with van der Waals surface area (Å²) in [4.78, 5) is 24.2. The third-order valence-electron chi connectivity index (χ3n) is 3.62. The molecule has 0 aliphatic heterocycles. The van der Waals surface area contributed by atoms with Crippen LogP contribution in [0.1, 0.15) is 27.6 Å². The molecule has 0 saturated heterocycles. The van der Waals surface area contributed by atoms with Crippen molar-refractivity contribution in [3.63, 3.8) is 0 Å². The number of ether oxygens (including phenoxy) is 1. The lowest BCUT2D eigenvalue weighted by molar-refractivity contribution is 0.0526. The quantitative estimate of drug-likeness (QED) is 0.222. The molecule has 0 aliphatic rings. The molecule has 0 spiro atoms. The number of hydrogen-bond donors (Lipinski definition) is 3. The Bertz CT molecular complexity index is 920. The first-order chi connectivity index (χ1) is 14.1. The van der Waals surface area contributed by atoms with Crippen LogP contribution in [-0.2, 0) is 4.74 Å². The molecule has 0 fully saturated rings. The van der Waals surface area contributed by atoms with Gasteiger partial charge in [-0.05, 0) is 61.6 Å². The Morgan fingerprint density at radius 1 is 1.07 bits per heavy atom. The molecule has 1 atom stereocenters. The summed E-state index contributed by atoms with van der Waals surface area (Å²) in [5.74, 6) is -0.937. The average Bonchev–Trinajstić information content (AvgIpc) is 2.67. The molecular formula is C19H17Cl4N3O3S. The summed E-state index contributed by atoms with van der Waals surface area (Å²) in [5.41, 5.74) is 1.26. The van der Waals surface area contributed by atoms with Crippen molar-refractivity contribution in [2.75, 3.05) is 11.9 Å². The molecular weight excluding hydrogens is 492 g/mol. The number of thiocarbonyl (C=S) groups is 1. The van der Waals surface area contributed by atoms with Gasteiger partial charge in [0.1, 0.15) is 6.17 Å². The summed E-state index contributed by atoms with van der Waals surface area (Å²) < 4.78 is 3.02. The highest BCUT2D eigenvalue weighted by Crippen LogP contribution is 2.29. The van der Waals surface area contributed by atoms with Gasteiger partial charge in [-0.15, -0.1) is 0 Å².